The van der Waals surface area contributed by atoms with Crippen LogP contribution in [0.4, 0.5) is 0 Å². The molecule has 0 bridgehead atoms. The minimum absolute atomic E-state index is 0.175. The summed E-state index contributed by atoms with van der Waals surface area (Å²) in [4.78, 5) is 13.4. The molecule has 0 unspecified atom stereocenters. The number of esters is 1. The zero-order valence-electron chi connectivity index (χ0n) is 11.2. The molecule has 1 aromatic rings. The standard InChI is InChI=1S/C13H21NO4/c1-10(2)14(7-4-8-15)9-11-5-6-12(18-11)13(16)17-3/h5-6,10,15H,4,7-9H2,1-3H3. The van der Waals surface area contributed by atoms with Gasteiger partial charge < -0.3 is 14.3 Å². The van der Waals surface area contributed by atoms with Gasteiger partial charge in [-0.3, -0.25) is 4.90 Å². The number of methoxy groups -OCH3 is 1. The molecule has 0 amide bonds. The zero-order chi connectivity index (χ0) is 13.5. The molecule has 5 nitrogen and oxygen atoms in total. The van der Waals surface area contributed by atoms with Crippen LogP contribution in [0.15, 0.2) is 16.5 Å². The van der Waals surface area contributed by atoms with E-state index < -0.39 is 5.97 Å². The summed E-state index contributed by atoms with van der Waals surface area (Å²) >= 11 is 0. The lowest BCUT2D eigenvalue weighted by molar-refractivity contribution is 0.0560. The number of aliphatic hydroxyl groups is 1. The van der Waals surface area contributed by atoms with E-state index in [2.05, 4.69) is 23.5 Å². The second-order valence-corrected chi connectivity index (χ2v) is 4.40. The second kappa shape index (κ2) is 7.18. The maximum atomic E-state index is 11.3. The Morgan fingerprint density at radius 3 is 2.78 bits per heavy atom. The van der Waals surface area contributed by atoms with Gasteiger partial charge in [0.2, 0.25) is 5.76 Å². The van der Waals surface area contributed by atoms with Gasteiger partial charge in [0.25, 0.3) is 0 Å². The molecule has 1 heterocycles. The highest BCUT2D eigenvalue weighted by Gasteiger charge is 2.15. The van der Waals surface area contributed by atoms with Crippen LogP contribution in [-0.4, -0.2) is 42.3 Å². The van der Waals surface area contributed by atoms with Crippen molar-refractivity contribution in [1.82, 2.24) is 4.90 Å². The van der Waals surface area contributed by atoms with Gasteiger partial charge >= 0.3 is 5.97 Å². The van der Waals surface area contributed by atoms with Gasteiger partial charge in [0.1, 0.15) is 5.76 Å². The molecule has 0 aliphatic heterocycles. The lowest BCUT2D eigenvalue weighted by Crippen LogP contribution is -2.31. The smallest absolute Gasteiger partial charge is 0.373 e. The van der Waals surface area contributed by atoms with Crippen molar-refractivity contribution >= 4 is 5.97 Å². The predicted octanol–water partition coefficient (Wildman–Crippen LogP) is 1.66. The Morgan fingerprint density at radius 1 is 1.50 bits per heavy atom. The fraction of sp³-hybridized carbons (Fsp3) is 0.615. The first-order chi connectivity index (χ1) is 8.58. The molecule has 18 heavy (non-hydrogen) atoms. The normalized spacial score (nSPS) is 11.2. The summed E-state index contributed by atoms with van der Waals surface area (Å²) in [6.07, 6.45) is 0.725. The number of carbonyl (C=O) groups excluding carboxylic acids is 1. The number of rotatable bonds is 7. The molecule has 1 N–H and O–H groups in total. The molecule has 1 rings (SSSR count). The van der Waals surface area contributed by atoms with Gasteiger partial charge in [-0.2, -0.15) is 0 Å². The average molecular weight is 255 g/mol. The van der Waals surface area contributed by atoms with Crippen LogP contribution < -0.4 is 0 Å². The van der Waals surface area contributed by atoms with Gasteiger partial charge in [-0.05, 0) is 32.4 Å². The van der Waals surface area contributed by atoms with Crippen LogP contribution in [0.25, 0.3) is 0 Å². The van der Waals surface area contributed by atoms with E-state index in [0.717, 1.165) is 18.7 Å². The van der Waals surface area contributed by atoms with Crippen molar-refractivity contribution < 1.29 is 19.1 Å². The summed E-state index contributed by atoms with van der Waals surface area (Å²) in [6.45, 7) is 5.76. The fourth-order valence-corrected chi connectivity index (χ4v) is 1.67. The minimum atomic E-state index is -0.465. The van der Waals surface area contributed by atoms with E-state index in [1.54, 1.807) is 12.1 Å². The van der Waals surface area contributed by atoms with Gasteiger partial charge in [-0.25, -0.2) is 4.79 Å². The van der Waals surface area contributed by atoms with E-state index in [-0.39, 0.29) is 12.4 Å². The van der Waals surface area contributed by atoms with E-state index in [4.69, 9.17) is 9.52 Å². The number of hydrogen-bond donors (Lipinski definition) is 1. The molecule has 1 aromatic heterocycles. The maximum absolute atomic E-state index is 11.3. The Labute approximate surface area is 107 Å². The third-order valence-corrected chi connectivity index (χ3v) is 2.74. The van der Waals surface area contributed by atoms with Crippen LogP contribution in [0.5, 0.6) is 0 Å². The Hall–Kier alpha value is -1.33. The molecule has 0 spiro atoms. The molecule has 5 heteroatoms. The Bertz CT molecular complexity index is 373. The molecule has 0 radical (unpaired) electrons. The van der Waals surface area contributed by atoms with Crippen LogP contribution in [0.1, 0.15) is 36.6 Å². The molecular formula is C13H21NO4. The van der Waals surface area contributed by atoms with Crippen LogP contribution in [-0.2, 0) is 11.3 Å². The fourth-order valence-electron chi connectivity index (χ4n) is 1.67. The van der Waals surface area contributed by atoms with E-state index in [1.807, 2.05) is 0 Å². The number of carbonyl (C=O) groups is 1. The van der Waals surface area contributed by atoms with E-state index in [9.17, 15) is 4.79 Å². The number of ether oxygens (including phenoxy) is 1. The molecule has 0 aliphatic rings. The summed E-state index contributed by atoms with van der Waals surface area (Å²) in [5.41, 5.74) is 0. The first kappa shape index (κ1) is 14.7. The van der Waals surface area contributed by atoms with Crippen LogP contribution >= 0.6 is 0 Å². The van der Waals surface area contributed by atoms with Crippen LogP contribution in [0, 0.1) is 0 Å². The summed E-state index contributed by atoms with van der Waals surface area (Å²) < 4.78 is 10.0. The molecule has 0 saturated heterocycles. The highest BCUT2D eigenvalue weighted by Crippen LogP contribution is 2.13. The monoisotopic (exact) mass is 255 g/mol. The van der Waals surface area contributed by atoms with Gasteiger partial charge in [0.05, 0.1) is 13.7 Å². The van der Waals surface area contributed by atoms with Crippen LogP contribution in [0.2, 0.25) is 0 Å². The third kappa shape index (κ3) is 4.16. The average Bonchev–Trinajstić information content (AvgIpc) is 2.81. The SMILES string of the molecule is COC(=O)c1ccc(CN(CCCO)C(C)C)o1. The molecule has 102 valence electrons. The molecular weight excluding hydrogens is 234 g/mol. The van der Waals surface area contributed by atoms with E-state index >= 15 is 0 Å². The summed E-state index contributed by atoms with van der Waals surface area (Å²) in [6, 6.07) is 3.75. The van der Waals surface area contributed by atoms with Crippen molar-refractivity contribution in [3.05, 3.63) is 23.7 Å². The molecule has 0 aliphatic carbocycles. The second-order valence-electron chi connectivity index (χ2n) is 4.40. The Morgan fingerprint density at radius 2 is 2.22 bits per heavy atom. The van der Waals surface area contributed by atoms with Crippen molar-refractivity contribution in [3.63, 3.8) is 0 Å². The number of furan rings is 1. The van der Waals surface area contributed by atoms with Gasteiger partial charge in [-0.15, -0.1) is 0 Å². The quantitative estimate of drug-likeness (QED) is 0.751. The first-order valence-corrected chi connectivity index (χ1v) is 6.10. The number of hydrogen-bond acceptors (Lipinski definition) is 5. The molecule has 0 saturated carbocycles. The molecule has 0 aromatic carbocycles. The van der Waals surface area contributed by atoms with Crippen LogP contribution in [0.3, 0.4) is 0 Å². The summed E-state index contributed by atoms with van der Waals surface area (Å²) in [5, 5.41) is 8.86. The van der Waals surface area contributed by atoms with Crippen molar-refractivity contribution in [2.75, 3.05) is 20.3 Å². The van der Waals surface area contributed by atoms with Gasteiger partial charge in [0.15, 0.2) is 0 Å². The molecule has 0 atom stereocenters. The third-order valence-electron chi connectivity index (χ3n) is 2.74. The number of nitrogens with zero attached hydrogens (tertiary/aromatic N) is 1. The van der Waals surface area contributed by atoms with Crippen molar-refractivity contribution in [3.8, 4) is 0 Å². The van der Waals surface area contributed by atoms with Gasteiger partial charge in [-0.1, -0.05) is 0 Å². The van der Waals surface area contributed by atoms with E-state index in [1.165, 1.54) is 7.11 Å². The van der Waals surface area contributed by atoms with Crippen molar-refractivity contribution in [2.24, 2.45) is 0 Å². The Balaban J connectivity index is 2.63. The van der Waals surface area contributed by atoms with Crippen molar-refractivity contribution in [2.45, 2.75) is 32.9 Å². The Kier molecular flexibility index (Phi) is 5.88. The zero-order valence-corrected chi connectivity index (χ0v) is 11.2. The highest BCUT2D eigenvalue weighted by molar-refractivity contribution is 5.86. The largest absolute Gasteiger partial charge is 0.463 e. The minimum Gasteiger partial charge on any atom is -0.463 e. The lowest BCUT2D eigenvalue weighted by atomic mass is 10.2. The highest BCUT2D eigenvalue weighted by atomic mass is 16.5. The topological polar surface area (TPSA) is 62.9 Å². The van der Waals surface area contributed by atoms with Gasteiger partial charge in [0, 0.05) is 19.2 Å². The maximum Gasteiger partial charge on any atom is 0.373 e. The van der Waals surface area contributed by atoms with Crippen molar-refractivity contribution in [1.29, 1.82) is 0 Å². The first-order valence-electron chi connectivity index (χ1n) is 6.10. The predicted molar refractivity (Wildman–Crippen MR) is 67.3 cm³/mol. The summed E-state index contributed by atoms with van der Waals surface area (Å²) in [7, 11) is 1.33. The molecule has 0 fully saturated rings. The lowest BCUT2D eigenvalue weighted by Gasteiger charge is -2.24. The van der Waals surface area contributed by atoms with E-state index in [0.29, 0.717) is 12.6 Å². The summed E-state index contributed by atoms with van der Waals surface area (Å²) in [5.74, 6) is 0.480. The number of aliphatic hydroxyl groups excluding tert-OH is 1.